The van der Waals surface area contributed by atoms with E-state index in [-0.39, 0.29) is 5.91 Å². The van der Waals surface area contributed by atoms with Gasteiger partial charge in [-0.05, 0) is 42.9 Å². The average molecular weight is 246 g/mol. The number of carbonyl (C=O) groups is 1. The molecule has 1 aliphatic carbocycles. The van der Waals surface area contributed by atoms with Crippen LogP contribution in [0.25, 0.3) is 0 Å². The first kappa shape index (κ1) is 13.1. The third-order valence-corrected chi connectivity index (χ3v) is 3.70. The molecule has 18 heavy (non-hydrogen) atoms. The molecule has 0 aromatic heterocycles. The van der Waals surface area contributed by atoms with Gasteiger partial charge in [0.25, 0.3) is 0 Å². The highest BCUT2D eigenvalue weighted by Gasteiger charge is 2.31. The Morgan fingerprint density at radius 2 is 2.17 bits per heavy atom. The van der Waals surface area contributed by atoms with Crippen LogP contribution in [-0.2, 0) is 4.79 Å². The number of carbonyl (C=O) groups excluding carboxylic acids is 1. The molecule has 0 atom stereocenters. The second-order valence-corrected chi connectivity index (χ2v) is 5.69. The van der Waals surface area contributed by atoms with Crippen LogP contribution in [0.5, 0.6) is 0 Å². The molecule has 0 aliphatic heterocycles. The van der Waals surface area contributed by atoms with Gasteiger partial charge in [-0.3, -0.25) is 4.79 Å². The fourth-order valence-corrected chi connectivity index (χ4v) is 2.36. The molecule has 98 valence electrons. The van der Waals surface area contributed by atoms with Crippen molar-refractivity contribution in [1.82, 2.24) is 5.32 Å². The first-order valence-corrected chi connectivity index (χ1v) is 6.65. The number of aryl methyl sites for hydroxylation is 1. The minimum Gasteiger partial charge on any atom is -0.325 e. The topological polar surface area (TPSA) is 41.1 Å². The first-order valence-electron chi connectivity index (χ1n) is 6.65. The molecule has 1 fully saturated rings. The summed E-state index contributed by atoms with van der Waals surface area (Å²) in [5.41, 5.74) is 2.45. The summed E-state index contributed by atoms with van der Waals surface area (Å²) in [5, 5.41) is 6.15. The molecule has 3 nitrogen and oxygen atoms in total. The summed E-state index contributed by atoms with van der Waals surface area (Å²) < 4.78 is 0. The standard InChI is InChI=1S/C15H22N2O/c1-12-5-3-6-13(9-12)17-14(18)10-16-11-15(2)7-4-8-15/h3,5-6,9,16H,4,7-8,10-11H2,1-2H3,(H,17,18). The number of hydrogen-bond acceptors (Lipinski definition) is 2. The van der Waals surface area contributed by atoms with Crippen molar-refractivity contribution in [2.24, 2.45) is 5.41 Å². The van der Waals surface area contributed by atoms with Gasteiger partial charge < -0.3 is 10.6 Å². The highest BCUT2D eigenvalue weighted by molar-refractivity contribution is 5.92. The Kier molecular flexibility index (Phi) is 4.02. The fourth-order valence-electron chi connectivity index (χ4n) is 2.36. The van der Waals surface area contributed by atoms with Gasteiger partial charge in [0, 0.05) is 12.2 Å². The summed E-state index contributed by atoms with van der Waals surface area (Å²) >= 11 is 0. The van der Waals surface area contributed by atoms with Gasteiger partial charge in [0.15, 0.2) is 0 Å². The van der Waals surface area contributed by atoms with E-state index >= 15 is 0 Å². The van der Waals surface area contributed by atoms with Gasteiger partial charge in [-0.25, -0.2) is 0 Å². The van der Waals surface area contributed by atoms with Crippen LogP contribution in [0, 0.1) is 12.3 Å². The number of anilines is 1. The molecule has 2 rings (SSSR count). The van der Waals surface area contributed by atoms with Crippen molar-refractivity contribution < 1.29 is 4.79 Å². The van der Waals surface area contributed by atoms with Crippen LogP contribution < -0.4 is 10.6 Å². The Hall–Kier alpha value is -1.35. The minimum absolute atomic E-state index is 0.0310. The number of hydrogen-bond donors (Lipinski definition) is 2. The molecular formula is C15H22N2O. The summed E-state index contributed by atoms with van der Waals surface area (Å²) in [5.74, 6) is 0.0310. The largest absolute Gasteiger partial charge is 0.325 e. The van der Waals surface area contributed by atoms with Gasteiger partial charge in [0.1, 0.15) is 0 Å². The summed E-state index contributed by atoms with van der Waals surface area (Å²) in [7, 11) is 0. The molecule has 0 spiro atoms. The van der Waals surface area contributed by atoms with Gasteiger partial charge in [-0.1, -0.05) is 25.5 Å². The predicted octanol–water partition coefficient (Wildman–Crippen LogP) is 2.71. The molecule has 1 saturated carbocycles. The first-order chi connectivity index (χ1) is 8.57. The normalized spacial score (nSPS) is 17.0. The lowest BCUT2D eigenvalue weighted by Gasteiger charge is -2.38. The van der Waals surface area contributed by atoms with Gasteiger partial charge in [0.2, 0.25) is 5.91 Å². The van der Waals surface area contributed by atoms with Gasteiger partial charge in [-0.2, -0.15) is 0 Å². The molecule has 1 aromatic rings. The maximum absolute atomic E-state index is 11.7. The second kappa shape index (κ2) is 5.53. The zero-order valence-corrected chi connectivity index (χ0v) is 11.3. The summed E-state index contributed by atoms with van der Waals surface area (Å²) in [6.45, 7) is 5.63. The summed E-state index contributed by atoms with van der Waals surface area (Å²) in [4.78, 5) is 11.7. The van der Waals surface area contributed by atoms with E-state index < -0.39 is 0 Å². The Balaban J connectivity index is 1.72. The van der Waals surface area contributed by atoms with Crippen LogP contribution in [0.1, 0.15) is 31.7 Å². The van der Waals surface area contributed by atoms with Crippen LogP contribution in [0.2, 0.25) is 0 Å². The lowest BCUT2D eigenvalue weighted by atomic mass is 9.70. The van der Waals surface area contributed by atoms with Crippen molar-refractivity contribution in [3.05, 3.63) is 29.8 Å². The van der Waals surface area contributed by atoms with E-state index in [0.717, 1.165) is 17.8 Å². The van der Waals surface area contributed by atoms with Crippen molar-refractivity contribution >= 4 is 11.6 Å². The highest BCUT2D eigenvalue weighted by atomic mass is 16.1. The minimum atomic E-state index is 0.0310. The number of benzene rings is 1. The zero-order valence-electron chi connectivity index (χ0n) is 11.3. The maximum atomic E-state index is 11.7. The third kappa shape index (κ3) is 3.57. The molecular weight excluding hydrogens is 224 g/mol. The van der Waals surface area contributed by atoms with Crippen molar-refractivity contribution in [3.63, 3.8) is 0 Å². The average Bonchev–Trinajstić information content (AvgIpc) is 2.26. The number of nitrogens with one attached hydrogen (secondary N) is 2. The van der Waals surface area contributed by atoms with Gasteiger partial charge in [-0.15, -0.1) is 0 Å². The van der Waals surface area contributed by atoms with Crippen LogP contribution in [0.4, 0.5) is 5.69 Å². The van der Waals surface area contributed by atoms with E-state index in [1.165, 1.54) is 19.3 Å². The molecule has 0 saturated heterocycles. The molecule has 1 amide bonds. The smallest absolute Gasteiger partial charge is 0.238 e. The molecule has 0 radical (unpaired) electrons. The van der Waals surface area contributed by atoms with Crippen molar-refractivity contribution in [2.75, 3.05) is 18.4 Å². The van der Waals surface area contributed by atoms with E-state index in [1.807, 2.05) is 31.2 Å². The highest BCUT2D eigenvalue weighted by Crippen LogP contribution is 2.39. The maximum Gasteiger partial charge on any atom is 0.238 e. The number of rotatable bonds is 5. The Morgan fingerprint density at radius 1 is 1.39 bits per heavy atom. The molecule has 2 N–H and O–H groups in total. The lowest BCUT2D eigenvalue weighted by molar-refractivity contribution is -0.115. The van der Waals surface area contributed by atoms with Crippen LogP contribution in [0.15, 0.2) is 24.3 Å². The van der Waals surface area contributed by atoms with Gasteiger partial charge in [0.05, 0.1) is 6.54 Å². The third-order valence-electron chi connectivity index (χ3n) is 3.70. The Bertz CT molecular complexity index is 424. The summed E-state index contributed by atoms with van der Waals surface area (Å²) in [6, 6.07) is 7.86. The summed E-state index contributed by atoms with van der Waals surface area (Å²) in [6.07, 6.45) is 3.88. The van der Waals surface area contributed by atoms with Crippen LogP contribution in [-0.4, -0.2) is 19.0 Å². The Labute approximate surface area is 109 Å². The molecule has 3 heteroatoms. The zero-order chi connectivity index (χ0) is 13.0. The molecule has 0 bridgehead atoms. The lowest BCUT2D eigenvalue weighted by Crippen LogP contribution is -2.40. The molecule has 1 aliphatic rings. The van der Waals surface area contributed by atoms with Crippen molar-refractivity contribution in [3.8, 4) is 0 Å². The monoisotopic (exact) mass is 246 g/mol. The van der Waals surface area contributed by atoms with E-state index in [2.05, 4.69) is 17.6 Å². The van der Waals surface area contributed by atoms with Crippen molar-refractivity contribution in [2.45, 2.75) is 33.1 Å². The van der Waals surface area contributed by atoms with E-state index in [4.69, 9.17) is 0 Å². The van der Waals surface area contributed by atoms with E-state index in [1.54, 1.807) is 0 Å². The van der Waals surface area contributed by atoms with E-state index in [9.17, 15) is 4.79 Å². The molecule has 0 unspecified atom stereocenters. The SMILES string of the molecule is Cc1cccc(NC(=O)CNCC2(C)CCC2)c1. The van der Waals surface area contributed by atoms with Crippen molar-refractivity contribution in [1.29, 1.82) is 0 Å². The quantitative estimate of drug-likeness (QED) is 0.838. The molecule has 0 heterocycles. The van der Waals surface area contributed by atoms with Gasteiger partial charge >= 0.3 is 0 Å². The second-order valence-electron chi connectivity index (χ2n) is 5.69. The van der Waals surface area contributed by atoms with Crippen LogP contribution >= 0.6 is 0 Å². The number of amides is 1. The van der Waals surface area contributed by atoms with Crippen LogP contribution in [0.3, 0.4) is 0 Å². The fraction of sp³-hybridized carbons (Fsp3) is 0.533. The predicted molar refractivity (Wildman–Crippen MR) is 74.6 cm³/mol. The molecule has 1 aromatic carbocycles. The Morgan fingerprint density at radius 3 is 2.78 bits per heavy atom. The van der Waals surface area contributed by atoms with E-state index in [0.29, 0.717) is 12.0 Å².